The fourth-order valence-electron chi connectivity index (χ4n) is 1.28. The molecule has 104 valence electrons. The Bertz CT molecular complexity index is 159. The van der Waals surface area contributed by atoms with Gasteiger partial charge in [0.05, 0.1) is 38.6 Å². The molecular weight excluding hydrogens is 226 g/mol. The van der Waals surface area contributed by atoms with Crippen molar-refractivity contribution >= 4 is 0 Å². The van der Waals surface area contributed by atoms with Crippen LogP contribution in [0.25, 0.3) is 0 Å². The molecule has 0 aliphatic rings. The van der Waals surface area contributed by atoms with Crippen molar-refractivity contribution in [1.82, 2.24) is 0 Å². The van der Waals surface area contributed by atoms with Crippen LogP contribution in [0.5, 0.6) is 0 Å². The van der Waals surface area contributed by atoms with Crippen molar-refractivity contribution in [3.63, 3.8) is 0 Å². The molecule has 0 fully saturated rings. The van der Waals surface area contributed by atoms with Crippen LogP contribution in [0.1, 0.15) is 6.42 Å². The van der Waals surface area contributed by atoms with Gasteiger partial charge in [0.15, 0.2) is 0 Å². The summed E-state index contributed by atoms with van der Waals surface area (Å²) in [5, 5.41) is 9.08. The predicted molar refractivity (Wildman–Crippen MR) is 64.0 cm³/mol. The molecule has 0 rings (SSSR count). The molecule has 2 unspecified atom stereocenters. The first-order chi connectivity index (χ1) is 8.26. The van der Waals surface area contributed by atoms with E-state index in [2.05, 4.69) is 0 Å². The fourth-order valence-corrected chi connectivity index (χ4v) is 1.28. The first-order valence-electron chi connectivity index (χ1n) is 5.79. The predicted octanol–water partition coefficient (Wildman–Crippen LogP) is -0.609. The zero-order valence-corrected chi connectivity index (χ0v) is 10.8. The van der Waals surface area contributed by atoms with E-state index >= 15 is 0 Å². The highest BCUT2D eigenvalue weighted by molar-refractivity contribution is 4.71. The molecule has 0 saturated heterocycles. The third kappa shape index (κ3) is 9.46. The highest BCUT2D eigenvalue weighted by Crippen LogP contribution is 1.97. The molecule has 0 radical (unpaired) electrons. The van der Waals surface area contributed by atoms with E-state index in [0.717, 1.165) is 6.42 Å². The molecule has 0 aromatic heterocycles. The number of hydrogen-bond donors (Lipinski definition) is 2. The molecule has 0 aliphatic heterocycles. The Hall–Kier alpha value is -0.240. The maximum atomic E-state index is 9.08. The second kappa shape index (κ2) is 12.2. The van der Waals surface area contributed by atoms with Gasteiger partial charge in [-0.25, -0.2) is 0 Å². The second-order valence-electron chi connectivity index (χ2n) is 3.67. The first-order valence-corrected chi connectivity index (χ1v) is 5.79. The van der Waals surface area contributed by atoms with Crippen molar-refractivity contribution in [1.29, 1.82) is 0 Å². The molecular formula is C11H25NO5. The Balaban J connectivity index is 3.43. The molecule has 0 aliphatic carbocycles. The second-order valence-corrected chi connectivity index (χ2v) is 3.67. The van der Waals surface area contributed by atoms with Crippen molar-refractivity contribution in [2.75, 3.05) is 53.9 Å². The van der Waals surface area contributed by atoms with Gasteiger partial charge in [-0.15, -0.1) is 0 Å². The summed E-state index contributed by atoms with van der Waals surface area (Å²) in [6.45, 7) is 2.48. The zero-order chi connectivity index (χ0) is 12.9. The van der Waals surface area contributed by atoms with E-state index in [-0.39, 0.29) is 12.6 Å². The van der Waals surface area contributed by atoms with Gasteiger partial charge < -0.3 is 29.8 Å². The van der Waals surface area contributed by atoms with Crippen LogP contribution in [0, 0.1) is 0 Å². The standard InChI is InChI=1S/C11H25NO5/c1-14-4-3-5-16-6-7-17-11(8-13)10(12)9-15-2/h10-11,13H,3-9,12H2,1-2H3. The summed E-state index contributed by atoms with van der Waals surface area (Å²) in [6, 6.07) is -0.321. The SMILES string of the molecule is COCCCOCCOC(CO)C(N)COC. The molecule has 0 spiro atoms. The smallest absolute Gasteiger partial charge is 0.0979 e. The van der Waals surface area contributed by atoms with E-state index in [4.69, 9.17) is 29.8 Å². The largest absolute Gasteiger partial charge is 0.394 e. The molecule has 0 heterocycles. The molecule has 0 bridgehead atoms. The normalized spacial score (nSPS) is 14.8. The number of hydrogen-bond acceptors (Lipinski definition) is 6. The van der Waals surface area contributed by atoms with Gasteiger partial charge >= 0.3 is 0 Å². The third-order valence-electron chi connectivity index (χ3n) is 2.21. The minimum atomic E-state index is -0.405. The zero-order valence-electron chi connectivity index (χ0n) is 10.8. The third-order valence-corrected chi connectivity index (χ3v) is 2.21. The van der Waals surface area contributed by atoms with E-state index < -0.39 is 6.10 Å². The Kier molecular flexibility index (Phi) is 12.1. The lowest BCUT2D eigenvalue weighted by Gasteiger charge is -2.21. The van der Waals surface area contributed by atoms with Gasteiger partial charge in [0.1, 0.15) is 0 Å². The topological polar surface area (TPSA) is 83.2 Å². The molecule has 6 nitrogen and oxygen atoms in total. The minimum Gasteiger partial charge on any atom is -0.394 e. The highest BCUT2D eigenvalue weighted by atomic mass is 16.5. The van der Waals surface area contributed by atoms with E-state index in [1.54, 1.807) is 14.2 Å². The first kappa shape index (κ1) is 16.8. The Morgan fingerprint density at radius 1 is 1.06 bits per heavy atom. The van der Waals surface area contributed by atoms with Crippen LogP contribution in [-0.2, 0) is 18.9 Å². The van der Waals surface area contributed by atoms with Gasteiger partial charge in [-0.05, 0) is 6.42 Å². The van der Waals surface area contributed by atoms with Crippen molar-refractivity contribution in [3.8, 4) is 0 Å². The summed E-state index contributed by atoms with van der Waals surface area (Å²) in [7, 11) is 3.22. The van der Waals surface area contributed by atoms with Gasteiger partial charge in [-0.3, -0.25) is 0 Å². The van der Waals surface area contributed by atoms with Crippen LogP contribution in [0.15, 0.2) is 0 Å². The van der Waals surface area contributed by atoms with Gasteiger partial charge in [0.25, 0.3) is 0 Å². The number of ether oxygens (including phenoxy) is 4. The minimum absolute atomic E-state index is 0.117. The van der Waals surface area contributed by atoms with E-state index in [9.17, 15) is 0 Å². The number of rotatable bonds is 12. The van der Waals surface area contributed by atoms with Crippen molar-refractivity contribution in [3.05, 3.63) is 0 Å². The van der Waals surface area contributed by atoms with Gasteiger partial charge in [0.2, 0.25) is 0 Å². The fraction of sp³-hybridized carbons (Fsp3) is 1.00. The maximum Gasteiger partial charge on any atom is 0.0979 e. The van der Waals surface area contributed by atoms with Gasteiger partial charge in [0, 0.05) is 27.4 Å². The summed E-state index contributed by atoms with van der Waals surface area (Å²) in [4.78, 5) is 0. The maximum absolute atomic E-state index is 9.08. The lowest BCUT2D eigenvalue weighted by Crippen LogP contribution is -2.43. The highest BCUT2D eigenvalue weighted by Gasteiger charge is 2.17. The van der Waals surface area contributed by atoms with Crippen LogP contribution < -0.4 is 5.73 Å². The van der Waals surface area contributed by atoms with Crippen molar-refractivity contribution < 1.29 is 24.1 Å². The van der Waals surface area contributed by atoms with Crippen molar-refractivity contribution in [2.45, 2.75) is 18.6 Å². The molecule has 17 heavy (non-hydrogen) atoms. The summed E-state index contributed by atoms with van der Waals surface area (Å²) < 4.78 is 20.5. The molecule has 3 N–H and O–H groups in total. The van der Waals surface area contributed by atoms with E-state index in [1.807, 2.05) is 0 Å². The van der Waals surface area contributed by atoms with Crippen molar-refractivity contribution in [2.24, 2.45) is 5.73 Å². The van der Waals surface area contributed by atoms with Gasteiger partial charge in [-0.1, -0.05) is 0 Å². The molecule has 0 aromatic carbocycles. The Labute approximate surface area is 103 Å². The molecule has 2 atom stereocenters. The number of aliphatic hydroxyl groups excluding tert-OH is 1. The molecule has 0 aromatic rings. The van der Waals surface area contributed by atoms with Crippen LogP contribution in [-0.4, -0.2) is 71.1 Å². The number of methoxy groups -OCH3 is 2. The average molecular weight is 251 g/mol. The van der Waals surface area contributed by atoms with E-state index in [0.29, 0.717) is 33.0 Å². The molecule has 6 heteroatoms. The average Bonchev–Trinajstić information content (AvgIpc) is 2.33. The Morgan fingerprint density at radius 3 is 2.41 bits per heavy atom. The lowest BCUT2D eigenvalue weighted by molar-refractivity contribution is -0.0415. The quantitative estimate of drug-likeness (QED) is 0.450. The summed E-state index contributed by atoms with van der Waals surface area (Å²) in [5.41, 5.74) is 5.75. The molecule has 0 saturated carbocycles. The van der Waals surface area contributed by atoms with Crippen LogP contribution in [0.4, 0.5) is 0 Å². The Morgan fingerprint density at radius 2 is 1.82 bits per heavy atom. The summed E-state index contributed by atoms with van der Waals surface area (Å²) >= 11 is 0. The summed E-state index contributed by atoms with van der Waals surface area (Å²) in [6.07, 6.45) is 0.459. The number of aliphatic hydroxyl groups is 1. The lowest BCUT2D eigenvalue weighted by atomic mass is 10.2. The van der Waals surface area contributed by atoms with Crippen LogP contribution in [0.3, 0.4) is 0 Å². The van der Waals surface area contributed by atoms with Gasteiger partial charge in [-0.2, -0.15) is 0 Å². The van der Waals surface area contributed by atoms with Crippen LogP contribution >= 0.6 is 0 Å². The molecule has 0 amide bonds. The summed E-state index contributed by atoms with van der Waals surface area (Å²) in [5.74, 6) is 0. The van der Waals surface area contributed by atoms with Crippen LogP contribution in [0.2, 0.25) is 0 Å². The monoisotopic (exact) mass is 251 g/mol. The van der Waals surface area contributed by atoms with E-state index in [1.165, 1.54) is 0 Å². The number of nitrogens with two attached hydrogens (primary N) is 1.